The summed E-state index contributed by atoms with van der Waals surface area (Å²) in [4.78, 5) is 15.0. The van der Waals surface area contributed by atoms with E-state index in [4.69, 9.17) is 4.74 Å². The molecule has 0 spiro atoms. The summed E-state index contributed by atoms with van der Waals surface area (Å²) in [7, 11) is 3.32. The van der Waals surface area contributed by atoms with Gasteiger partial charge in [-0.25, -0.2) is 0 Å². The predicted molar refractivity (Wildman–Crippen MR) is 74.7 cm³/mol. The van der Waals surface area contributed by atoms with Crippen LogP contribution >= 0.6 is 0 Å². The van der Waals surface area contributed by atoms with Crippen molar-refractivity contribution in [1.82, 2.24) is 19.9 Å². The van der Waals surface area contributed by atoms with E-state index in [1.54, 1.807) is 14.2 Å². The highest BCUT2D eigenvalue weighted by Crippen LogP contribution is 2.13. The minimum absolute atomic E-state index is 0.315. The first-order valence-corrected chi connectivity index (χ1v) is 6.68. The van der Waals surface area contributed by atoms with Gasteiger partial charge in [-0.2, -0.15) is 15.0 Å². The van der Waals surface area contributed by atoms with Gasteiger partial charge in [0, 0.05) is 19.6 Å². The zero-order valence-electron chi connectivity index (χ0n) is 11.8. The zero-order valence-corrected chi connectivity index (χ0v) is 11.8. The molecule has 19 heavy (non-hydrogen) atoms. The number of methoxy groups -OCH3 is 1. The lowest BCUT2D eigenvalue weighted by molar-refractivity contribution is 0.269. The predicted octanol–water partition coefficient (Wildman–Crippen LogP) is 0.818. The maximum atomic E-state index is 5.05. The molecule has 2 N–H and O–H groups in total. The van der Waals surface area contributed by atoms with E-state index in [1.807, 2.05) is 0 Å². The molecule has 7 heteroatoms. The summed E-state index contributed by atoms with van der Waals surface area (Å²) >= 11 is 0. The number of rotatable bonds is 6. The largest absolute Gasteiger partial charge is 0.467 e. The second-order valence-electron chi connectivity index (χ2n) is 4.69. The van der Waals surface area contributed by atoms with E-state index >= 15 is 0 Å². The monoisotopic (exact) mass is 266 g/mol. The van der Waals surface area contributed by atoms with E-state index < -0.39 is 0 Å². The van der Waals surface area contributed by atoms with Crippen molar-refractivity contribution < 1.29 is 4.74 Å². The van der Waals surface area contributed by atoms with E-state index in [0.717, 1.165) is 6.54 Å². The third kappa shape index (κ3) is 3.66. The van der Waals surface area contributed by atoms with Crippen molar-refractivity contribution in [3.63, 3.8) is 0 Å². The van der Waals surface area contributed by atoms with Crippen molar-refractivity contribution in [2.24, 2.45) is 0 Å². The van der Waals surface area contributed by atoms with E-state index in [2.05, 4.69) is 37.4 Å². The van der Waals surface area contributed by atoms with E-state index in [0.29, 0.717) is 23.9 Å². The molecule has 1 unspecified atom stereocenters. The molecule has 0 aliphatic carbocycles. The molecule has 2 rings (SSSR count). The lowest BCUT2D eigenvalue weighted by atomic mass is 10.3. The van der Waals surface area contributed by atoms with Gasteiger partial charge in [0.15, 0.2) is 0 Å². The van der Waals surface area contributed by atoms with Crippen LogP contribution in [0.3, 0.4) is 0 Å². The van der Waals surface area contributed by atoms with Crippen LogP contribution in [0.2, 0.25) is 0 Å². The van der Waals surface area contributed by atoms with E-state index in [1.165, 1.54) is 25.9 Å². The average Bonchev–Trinajstić information content (AvgIpc) is 2.98. The normalized spacial score (nSPS) is 17.2. The van der Waals surface area contributed by atoms with Crippen molar-refractivity contribution in [2.75, 3.05) is 44.4 Å². The van der Waals surface area contributed by atoms with E-state index in [-0.39, 0.29) is 0 Å². The minimum Gasteiger partial charge on any atom is -0.467 e. The number of hydrogen-bond acceptors (Lipinski definition) is 7. The van der Waals surface area contributed by atoms with Gasteiger partial charge in [0.25, 0.3) is 0 Å². The van der Waals surface area contributed by atoms with Crippen LogP contribution < -0.4 is 15.4 Å². The third-order valence-electron chi connectivity index (χ3n) is 3.34. The van der Waals surface area contributed by atoms with Crippen LogP contribution in [0.1, 0.15) is 19.8 Å². The molecule has 0 bridgehead atoms. The van der Waals surface area contributed by atoms with Gasteiger partial charge in [0.2, 0.25) is 11.9 Å². The van der Waals surface area contributed by atoms with Gasteiger partial charge in [0.05, 0.1) is 7.11 Å². The van der Waals surface area contributed by atoms with Gasteiger partial charge in [-0.05, 0) is 32.9 Å². The quantitative estimate of drug-likeness (QED) is 0.789. The number of hydrogen-bond donors (Lipinski definition) is 2. The smallest absolute Gasteiger partial charge is 0.322 e. The highest BCUT2D eigenvalue weighted by molar-refractivity contribution is 5.35. The Morgan fingerprint density at radius 1 is 1.21 bits per heavy atom. The average molecular weight is 266 g/mol. The van der Waals surface area contributed by atoms with Crippen molar-refractivity contribution in [3.05, 3.63) is 0 Å². The second kappa shape index (κ2) is 6.51. The fourth-order valence-corrected chi connectivity index (χ4v) is 2.19. The van der Waals surface area contributed by atoms with Crippen LogP contribution in [0.25, 0.3) is 0 Å². The molecule has 1 aromatic rings. The molecule has 0 radical (unpaired) electrons. The van der Waals surface area contributed by atoms with Gasteiger partial charge >= 0.3 is 6.01 Å². The summed E-state index contributed by atoms with van der Waals surface area (Å²) in [5.74, 6) is 1.05. The fourth-order valence-electron chi connectivity index (χ4n) is 2.19. The van der Waals surface area contributed by atoms with Gasteiger partial charge in [0.1, 0.15) is 0 Å². The Morgan fingerprint density at radius 2 is 1.89 bits per heavy atom. The minimum atomic E-state index is 0.315. The molecule has 1 atom stereocenters. The van der Waals surface area contributed by atoms with Crippen LogP contribution in [-0.4, -0.2) is 59.7 Å². The number of aromatic nitrogens is 3. The van der Waals surface area contributed by atoms with Crippen molar-refractivity contribution >= 4 is 11.9 Å². The van der Waals surface area contributed by atoms with Crippen molar-refractivity contribution in [1.29, 1.82) is 0 Å². The van der Waals surface area contributed by atoms with E-state index in [9.17, 15) is 0 Å². The summed E-state index contributed by atoms with van der Waals surface area (Å²) < 4.78 is 5.05. The van der Waals surface area contributed by atoms with Gasteiger partial charge in [-0.15, -0.1) is 0 Å². The number of ether oxygens (including phenoxy) is 1. The maximum absolute atomic E-state index is 5.05. The topological polar surface area (TPSA) is 75.2 Å². The first-order valence-electron chi connectivity index (χ1n) is 6.68. The number of nitrogens with zero attached hydrogens (tertiary/aromatic N) is 4. The highest BCUT2D eigenvalue weighted by Gasteiger charge is 2.18. The molecule has 1 aliphatic rings. The number of likely N-dealkylation sites (tertiary alicyclic amines) is 1. The van der Waals surface area contributed by atoms with Crippen LogP contribution in [0, 0.1) is 0 Å². The number of nitrogens with one attached hydrogen (secondary N) is 2. The molecular weight excluding hydrogens is 244 g/mol. The number of anilines is 2. The molecule has 1 fully saturated rings. The Labute approximate surface area is 113 Å². The van der Waals surface area contributed by atoms with Gasteiger partial charge < -0.3 is 15.4 Å². The Balaban J connectivity index is 1.94. The molecule has 106 valence electrons. The maximum Gasteiger partial charge on any atom is 0.322 e. The molecule has 0 amide bonds. The Bertz CT molecular complexity index is 385. The van der Waals surface area contributed by atoms with Crippen LogP contribution in [0.5, 0.6) is 6.01 Å². The zero-order chi connectivity index (χ0) is 13.7. The lowest BCUT2D eigenvalue weighted by Gasteiger charge is -2.23. The lowest BCUT2D eigenvalue weighted by Crippen LogP contribution is -2.35. The molecule has 0 aromatic carbocycles. The Morgan fingerprint density at radius 3 is 2.53 bits per heavy atom. The SMILES string of the molecule is CNc1nc(NCC(C)N2CCCC2)nc(OC)n1. The summed E-state index contributed by atoms with van der Waals surface area (Å²) in [6.07, 6.45) is 2.60. The molecular formula is C12H22N6O. The van der Waals surface area contributed by atoms with Gasteiger partial charge in [-0.1, -0.05) is 0 Å². The Hall–Kier alpha value is -1.63. The Kier molecular flexibility index (Phi) is 4.73. The summed E-state index contributed by atoms with van der Waals surface area (Å²) in [6, 6.07) is 0.791. The van der Waals surface area contributed by atoms with Crippen LogP contribution in [-0.2, 0) is 0 Å². The van der Waals surface area contributed by atoms with Crippen molar-refractivity contribution in [2.45, 2.75) is 25.8 Å². The third-order valence-corrected chi connectivity index (χ3v) is 3.34. The summed E-state index contributed by atoms with van der Waals surface area (Å²) in [5, 5.41) is 6.14. The summed E-state index contributed by atoms with van der Waals surface area (Å²) in [6.45, 7) is 5.41. The summed E-state index contributed by atoms with van der Waals surface area (Å²) in [5.41, 5.74) is 0. The highest BCUT2D eigenvalue weighted by atomic mass is 16.5. The molecule has 0 saturated carbocycles. The van der Waals surface area contributed by atoms with Crippen molar-refractivity contribution in [3.8, 4) is 6.01 Å². The standard InChI is InChI=1S/C12H22N6O/c1-9(18-6-4-5-7-18)8-14-11-15-10(13-2)16-12(17-11)19-3/h9H,4-8H2,1-3H3,(H2,13,14,15,16,17). The van der Waals surface area contributed by atoms with Gasteiger partial charge in [-0.3, -0.25) is 4.90 Å². The first-order chi connectivity index (χ1) is 9.22. The first kappa shape index (κ1) is 13.8. The molecule has 1 aliphatic heterocycles. The molecule has 7 nitrogen and oxygen atoms in total. The molecule has 1 aromatic heterocycles. The molecule has 2 heterocycles. The fraction of sp³-hybridized carbons (Fsp3) is 0.750. The molecule has 1 saturated heterocycles. The van der Waals surface area contributed by atoms with Crippen LogP contribution in [0.15, 0.2) is 0 Å². The second-order valence-corrected chi connectivity index (χ2v) is 4.69. The van der Waals surface area contributed by atoms with Crippen LogP contribution in [0.4, 0.5) is 11.9 Å².